The SMILES string of the molecule is COc1cc(C2NC(=O)c3cc(C)ccc3N2)ccc1OCCCCOc1cc(/C=C\c2cc(OC)c(OC)c(OC)c2)ccc1OC. The van der Waals surface area contributed by atoms with Crippen LogP contribution in [0.1, 0.15) is 51.6 Å². The molecule has 0 fully saturated rings. The fourth-order valence-electron chi connectivity index (χ4n) is 5.39. The van der Waals surface area contributed by atoms with Crippen LogP contribution in [0.4, 0.5) is 5.69 Å². The summed E-state index contributed by atoms with van der Waals surface area (Å²) < 4.78 is 39.7. The second-order valence-corrected chi connectivity index (χ2v) is 11.1. The maximum absolute atomic E-state index is 12.7. The molecule has 1 atom stereocenters. The van der Waals surface area contributed by atoms with E-state index < -0.39 is 0 Å². The monoisotopic (exact) mass is 654 g/mol. The zero-order valence-corrected chi connectivity index (χ0v) is 28.2. The molecule has 48 heavy (non-hydrogen) atoms. The van der Waals surface area contributed by atoms with Gasteiger partial charge in [-0.25, -0.2) is 0 Å². The van der Waals surface area contributed by atoms with Crippen molar-refractivity contribution in [3.8, 4) is 40.2 Å². The minimum absolute atomic E-state index is 0.115. The van der Waals surface area contributed by atoms with Gasteiger partial charge in [0.25, 0.3) is 5.91 Å². The third-order valence-electron chi connectivity index (χ3n) is 7.91. The maximum atomic E-state index is 12.7. The molecule has 10 heteroatoms. The molecule has 0 aromatic heterocycles. The number of hydrogen-bond donors (Lipinski definition) is 2. The van der Waals surface area contributed by atoms with Crippen molar-refractivity contribution in [2.24, 2.45) is 0 Å². The van der Waals surface area contributed by atoms with Crippen LogP contribution in [-0.4, -0.2) is 54.7 Å². The number of anilines is 1. The molecular weight excluding hydrogens is 612 g/mol. The fraction of sp³-hybridized carbons (Fsp3) is 0.289. The minimum atomic E-state index is -0.381. The van der Waals surface area contributed by atoms with Gasteiger partial charge in [-0.2, -0.15) is 0 Å². The Hall–Kier alpha value is -5.51. The largest absolute Gasteiger partial charge is 0.493 e. The van der Waals surface area contributed by atoms with Gasteiger partial charge in [-0.3, -0.25) is 4.79 Å². The Bertz CT molecular complexity index is 1750. The number of aryl methyl sites for hydroxylation is 1. The van der Waals surface area contributed by atoms with E-state index in [0.29, 0.717) is 59.0 Å². The van der Waals surface area contributed by atoms with E-state index in [-0.39, 0.29) is 12.1 Å². The average molecular weight is 655 g/mol. The minimum Gasteiger partial charge on any atom is -0.493 e. The van der Waals surface area contributed by atoms with E-state index in [1.165, 1.54) is 0 Å². The summed E-state index contributed by atoms with van der Waals surface area (Å²) in [4.78, 5) is 12.7. The van der Waals surface area contributed by atoms with Gasteiger partial charge in [0.1, 0.15) is 6.17 Å². The van der Waals surface area contributed by atoms with Gasteiger partial charge >= 0.3 is 0 Å². The van der Waals surface area contributed by atoms with Crippen LogP contribution in [0.25, 0.3) is 12.2 Å². The molecule has 1 heterocycles. The number of unbranched alkanes of at least 4 members (excludes halogenated alkanes) is 1. The van der Waals surface area contributed by atoms with Crippen LogP contribution < -0.4 is 43.8 Å². The fourth-order valence-corrected chi connectivity index (χ4v) is 5.39. The van der Waals surface area contributed by atoms with Crippen molar-refractivity contribution < 1.29 is 38.0 Å². The average Bonchev–Trinajstić information content (AvgIpc) is 3.11. The highest BCUT2D eigenvalue weighted by Gasteiger charge is 2.25. The van der Waals surface area contributed by atoms with Crippen LogP contribution in [-0.2, 0) is 0 Å². The van der Waals surface area contributed by atoms with Crippen molar-refractivity contribution in [2.45, 2.75) is 25.9 Å². The standard InChI is InChI=1S/C38H42N2O8/c1-24-9-14-29-28(19-24)38(41)40-37(39-29)27-13-16-31(32(23-27)43-3)47-17-7-8-18-48-33-20-25(12-15-30(33)42-2)10-11-26-21-34(44-4)36(46-6)35(22-26)45-5/h9-16,19-23,37,39H,7-8,17-18H2,1-6H3,(H,40,41)/b11-10-. The maximum Gasteiger partial charge on any atom is 0.255 e. The van der Waals surface area contributed by atoms with Gasteiger partial charge in [0.15, 0.2) is 34.5 Å². The normalized spacial score (nSPS) is 13.6. The Morgan fingerprint density at radius 3 is 1.90 bits per heavy atom. The lowest BCUT2D eigenvalue weighted by Crippen LogP contribution is -2.38. The number of hydrogen-bond acceptors (Lipinski definition) is 9. The molecule has 0 saturated carbocycles. The van der Waals surface area contributed by atoms with E-state index in [2.05, 4.69) is 10.6 Å². The summed E-state index contributed by atoms with van der Waals surface area (Å²) in [5.74, 6) is 4.14. The number of nitrogens with one attached hydrogen (secondary N) is 2. The van der Waals surface area contributed by atoms with Crippen molar-refractivity contribution in [3.05, 3.63) is 94.5 Å². The Morgan fingerprint density at radius 1 is 0.604 bits per heavy atom. The first kappa shape index (κ1) is 33.8. The van der Waals surface area contributed by atoms with Crippen molar-refractivity contribution in [2.75, 3.05) is 54.1 Å². The molecule has 0 bridgehead atoms. The molecule has 1 aliphatic rings. The lowest BCUT2D eigenvalue weighted by Gasteiger charge is -2.28. The van der Waals surface area contributed by atoms with Gasteiger partial charge in [-0.15, -0.1) is 0 Å². The quantitative estimate of drug-likeness (QED) is 0.101. The zero-order chi connectivity index (χ0) is 34.0. The molecule has 252 valence electrons. The highest BCUT2D eigenvalue weighted by molar-refractivity contribution is 6.01. The molecule has 0 saturated heterocycles. The topological polar surface area (TPSA) is 106 Å². The molecule has 5 rings (SSSR count). The van der Waals surface area contributed by atoms with E-state index in [1.54, 1.807) is 35.5 Å². The Balaban J connectivity index is 1.14. The van der Waals surface area contributed by atoms with Crippen molar-refractivity contribution in [3.63, 3.8) is 0 Å². The van der Waals surface area contributed by atoms with Crippen molar-refractivity contribution >= 4 is 23.7 Å². The highest BCUT2D eigenvalue weighted by atomic mass is 16.5. The van der Waals surface area contributed by atoms with Crippen molar-refractivity contribution in [1.29, 1.82) is 0 Å². The second kappa shape index (κ2) is 15.9. The third-order valence-corrected chi connectivity index (χ3v) is 7.91. The van der Waals surface area contributed by atoms with Gasteiger partial charge in [-0.05, 0) is 85.0 Å². The number of amides is 1. The first-order valence-electron chi connectivity index (χ1n) is 15.6. The summed E-state index contributed by atoms with van der Waals surface area (Å²) in [6, 6.07) is 21.0. The third kappa shape index (κ3) is 7.88. The van der Waals surface area contributed by atoms with Gasteiger partial charge in [-0.1, -0.05) is 35.9 Å². The first-order chi connectivity index (χ1) is 23.4. The lowest BCUT2D eigenvalue weighted by molar-refractivity contribution is 0.0935. The summed E-state index contributed by atoms with van der Waals surface area (Å²) in [5, 5.41) is 6.41. The number of benzene rings is 4. The molecule has 10 nitrogen and oxygen atoms in total. The van der Waals surface area contributed by atoms with E-state index >= 15 is 0 Å². The predicted molar refractivity (Wildman–Crippen MR) is 186 cm³/mol. The number of carbonyl (C=O) groups excluding carboxylic acids is 1. The van der Waals surface area contributed by atoms with Crippen LogP contribution in [0.2, 0.25) is 0 Å². The van der Waals surface area contributed by atoms with Crippen LogP contribution in [0.5, 0.6) is 40.2 Å². The molecule has 1 aliphatic heterocycles. The number of rotatable bonds is 15. The van der Waals surface area contributed by atoms with E-state index in [1.807, 2.05) is 85.8 Å². The van der Waals surface area contributed by atoms with E-state index in [4.69, 9.17) is 33.2 Å². The van der Waals surface area contributed by atoms with Gasteiger partial charge in [0.2, 0.25) is 5.75 Å². The van der Waals surface area contributed by atoms with Crippen LogP contribution in [0.3, 0.4) is 0 Å². The van der Waals surface area contributed by atoms with Crippen LogP contribution in [0.15, 0.2) is 66.7 Å². The summed E-state index contributed by atoms with van der Waals surface area (Å²) >= 11 is 0. The molecule has 0 radical (unpaired) electrons. The number of carbonyl (C=O) groups is 1. The molecule has 0 spiro atoms. The molecule has 1 unspecified atom stereocenters. The molecule has 2 N–H and O–H groups in total. The Morgan fingerprint density at radius 2 is 1.23 bits per heavy atom. The Kier molecular flexibility index (Phi) is 11.2. The molecule has 4 aromatic carbocycles. The van der Waals surface area contributed by atoms with Crippen LogP contribution >= 0.6 is 0 Å². The number of fused-ring (bicyclic) bond motifs is 1. The van der Waals surface area contributed by atoms with Crippen LogP contribution in [0, 0.1) is 6.92 Å². The number of methoxy groups -OCH3 is 5. The molecule has 0 aliphatic carbocycles. The molecule has 4 aromatic rings. The first-order valence-corrected chi connectivity index (χ1v) is 15.6. The molecular formula is C38H42N2O8. The van der Waals surface area contributed by atoms with Gasteiger partial charge < -0.3 is 43.8 Å². The summed E-state index contributed by atoms with van der Waals surface area (Å²) in [5.41, 5.74) is 5.17. The summed E-state index contributed by atoms with van der Waals surface area (Å²) in [7, 11) is 7.99. The Labute approximate surface area is 281 Å². The van der Waals surface area contributed by atoms with E-state index in [9.17, 15) is 4.79 Å². The van der Waals surface area contributed by atoms with E-state index in [0.717, 1.165) is 40.8 Å². The van der Waals surface area contributed by atoms with Crippen molar-refractivity contribution in [1.82, 2.24) is 5.32 Å². The van der Waals surface area contributed by atoms with Gasteiger partial charge in [0.05, 0.1) is 54.3 Å². The lowest BCUT2D eigenvalue weighted by atomic mass is 10.0. The van der Waals surface area contributed by atoms with Gasteiger partial charge in [0, 0.05) is 5.69 Å². The number of ether oxygens (including phenoxy) is 7. The zero-order valence-electron chi connectivity index (χ0n) is 28.2. The summed E-state index contributed by atoms with van der Waals surface area (Å²) in [6.45, 7) is 2.94. The predicted octanol–water partition coefficient (Wildman–Crippen LogP) is 7.30. The second-order valence-electron chi connectivity index (χ2n) is 11.1. The highest BCUT2D eigenvalue weighted by Crippen LogP contribution is 2.39. The molecule has 1 amide bonds. The summed E-state index contributed by atoms with van der Waals surface area (Å²) in [6.07, 6.45) is 5.11. The smallest absolute Gasteiger partial charge is 0.255 e.